The molecule has 0 saturated heterocycles. The van der Waals surface area contributed by atoms with Crippen LogP contribution in [0.1, 0.15) is 13.8 Å². The van der Waals surface area contributed by atoms with Crippen molar-refractivity contribution in [3.63, 3.8) is 0 Å². The minimum Gasteiger partial charge on any atom is -0.491 e. The van der Waals surface area contributed by atoms with Crippen LogP contribution in [0.15, 0.2) is 18.2 Å². The Balaban J connectivity index is 2.70. The molecule has 0 aliphatic rings. The summed E-state index contributed by atoms with van der Waals surface area (Å²) in [4.78, 5) is 22.4. The average Bonchev–Trinajstić information content (AvgIpc) is 2.38. The van der Waals surface area contributed by atoms with Crippen LogP contribution in [0, 0.1) is 5.82 Å². The first-order valence-electron chi connectivity index (χ1n) is 6.26. The van der Waals surface area contributed by atoms with Gasteiger partial charge in [-0.1, -0.05) is 0 Å². The Labute approximate surface area is 120 Å². The number of carboxylic acid groups (broad SMARTS) is 1. The van der Waals surface area contributed by atoms with E-state index >= 15 is 0 Å². The van der Waals surface area contributed by atoms with Gasteiger partial charge in [0.15, 0.2) is 17.6 Å². The van der Waals surface area contributed by atoms with Crippen LogP contribution in [-0.2, 0) is 4.79 Å². The molecule has 7 nitrogen and oxygen atoms in total. The molecule has 4 N–H and O–H groups in total. The van der Waals surface area contributed by atoms with Gasteiger partial charge < -0.3 is 25.6 Å². The fourth-order valence-corrected chi connectivity index (χ4v) is 1.55. The number of aliphatic hydroxyl groups excluding tert-OH is 1. The number of hydrogen-bond acceptors (Lipinski definition) is 4. The van der Waals surface area contributed by atoms with Gasteiger partial charge >= 0.3 is 12.0 Å². The maximum absolute atomic E-state index is 13.6. The van der Waals surface area contributed by atoms with E-state index in [9.17, 15) is 19.1 Å². The highest BCUT2D eigenvalue weighted by molar-refractivity contribution is 5.92. The summed E-state index contributed by atoms with van der Waals surface area (Å²) in [6.07, 6.45) is -1.27. The van der Waals surface area contributed by atoms with Crippen molar-refractivity contribution in [2.24, 2.45) is 0 Å². The SMILES string of the molecule is CCOc1ccc(NC(=O)N[C@H](C(=O)O)[C@@H](C)O)cc1F. The molecule has 0 heterocycles. The van der Waals surface area contributed by atoms with Crippen LogP contribution in [0.2, 0.25) is 0 Å². The summed E-state index contributed by atoms with van der Waals surface area (Å²) in [6.45, 7) is 3.25. The summed E-state index contributed by atoms with van der Waals surface area (Å²) in [5.41, 5.74) is 0.128. The van der Waals surface area contributed by atoms with Crippen LogP contribution in [0.3, 0.4) is 0 Å². The zero-order chi connectivity index (χ0) is 16.0. The molecule has 8 heteroatoms. The number of halogens is 1. The third-order valence-electron chi connectivity index (χ3n) is 2.52. The van der Waals surface area contributed by atoms with Gasteiger partial charge in [0.2, 0.25) is 0 Å². The van der Waals surface area contributed by atoms with Gasteiger partial charge in [0.05, 0.1) is 12.7 Å². The second kappa shape index (κ2) is 7.44. The highest BCUT2D eigenvalue weighted by atomic mass is 19.1. The molecule has 0 bridgehead atoms. The summed E-state index contributed by atoms with van der Waals surface area (Å²) >= 11 is 0. The number of nitrogens with one attached hydrogen (secondary N) is 2. The molecule has 1 aromatic carbocycles. The first kappa shape index (κ1) is 16.7. The highest BCUT2D eigenvalue weighted by Crippen LogP contribution is 2.21. The van der Waals surface area contributed by atoms with Crippen molar-refractivity contribution >= 4 is 17.7 Å². The summed E-state index contributed by atoms with van der Waals surface area (Å²) < 4.78 is 18.6. The van der Waals surface area contributed by atoms with Crippen molar-refractivity contribution in [3.05, 3.63) is 24.0 Å². The summed E-state index contributed by atoms with van der Waals surface area (Å²) in [7, 11) is 0. The van der Waals surface area contributed by atoms with Gasteiger partial charge in [0.25, 0.3) is 0 Å². The van der Waals surface area contributed by atoms with E-state index in [1.807, 2.05) is 0 Å². The largest absolute Gasteiger partial charge is 0.491 e. The predicted octanol–water partition coefficient (Wildman–Crippen LogP) is 1.18. The fourth-order valence-electron chi connectivity index (χ4n) is 1.55. The van der Waals surface area contributed by atoms with E-state index in [0.29, 0.717) is 6.61 Å². The molecule has 0 aliphatic carbocycles. The molecular formula is C13H17FN2O5. The van der Waals surface area contributed by atoms with Crippen LogP contribution in [-0.4, -0.2) is 41.0 Å². The van der Waals surface area contributed by atoms with E-state index in [4.69, 9.17) is 9.84 Å². The lowest BCUT2D eigenvalue weighted by Crippen LogP contribution is -2.49. The van der Waals surface area contributed by atoms with E-state index < -0.39 is 30.0 Å². The Morgan fingerprint density at radius 2 is 2.10 bits per heavy atom. The molecule has 0 unspecified atom stereocenters. The van der Waals surface area contributed by atoms with Crippen LogP contribution in [0.25, 0.3) is 0 Å². The molecule has 1 aromatic rings. The van der Waals surface area contributed by atoms with Crippen LogP contribution in [0.5, 0.6) is 5.75 Å². The smallest absolute Gasteiger partial charge is 0.328 e. The molecule has 2 atom stereocenters. The fraction of sp³-hybridized carbons (Fsp3) is 0.385. The Bertz CT molecular complexity index is 521. The van der Waals surface area contributed by atoms with Gasteiger partial charge in [-0.2, -0.15) is 0 Å². The van der Waals surface area contributed by atoms with Crippen molar-refractivity contribution in [1.29, 1.82) is 0 Å². The van der Waals surface area contributed by atoms with Crippen LogP contribution >= 0.6 is 0 Å². The lowest BCUT2D eigenvalue weighted by Gasteiger charge is -2.17. The average molecular weight is 300 g/mol. The zero-order valence-corrected chi connectivity index (χ0v) is 11.6. The van der Waals surface area contributed by atoms with Crippen molar-refractivity contribution in [1.82, 2.24) is 5.32 Å². The highest BCUT2D eigenvalue weighted by Gasteiger charge is 2.24. The topological polar surface area (TPSA) is 108 Å². The molecule has 0 radical (unpaired) electrons. The number of anilines is 1. The number of carbonyl (C=O) groups excluding carboxylic acids is 1. The number of aliphatic hydroxyl groups is 1. The number of urea groups is 1. The summed E-state index contributed by atoms with van der Waals surface area (Å²) in [6, 6.07) is 1.47. The van der Waals surface area contributed by atoms with Gasteiger partial charge in [-0.3, -0.25) is 0 Å². The predicted molar refractivity (Wildman–Crippen MR) is 72.8 cm³/mol. The van der Waals surface area contributed by atoms with Crippen LogP contribution in [0.4, 0.5) is 14.9 Å². The van der Waals surface area contributed by atoms with Gasteiger partial charge in [0, 0.05) is 11.8 Å². The maximum Gasteiger partial charge on any atom is 0.328 e. The Morgan fingerprint density at radius 1 is 1.43 bits per heavy atom. The molecule has 1 rings (SSSR count). The normalized spacial score (nSPS) is 13.1. The number of carboxylic acids is 1. The quantitative estimate of drug-likeness (QED) is 0.631. The first-order chi connectivity index (χ1) is 9.85. The Kier molecular flexibility index (Phi) is 5.92. The van der Waals surface area contributed by atoms with E-state index in [1.54, 1.807) is 6.92 Å². The maximum atomic E-state index is 13.6. The number of aliphatic carboxylic acids is 1. The standard InChI is InChI=1S/C13H17FN2O5/c1-3-21-10-5-4-8(6-9(10)14)15-13(20)16-11(7(2)17)12(18)19/h4-7,11,17H,3H2,1-2H3,(H,18,19)(H2,15,16,20)/t7-,11+/m1/s1. The molecule has 116 valence electrons. The summed E-state index contributed by atoms with van der Waals surface area (Å²) in [5, 5.41) is 22.4. The molecule has 0 spiro atoms. The monoisotopic (exact) mass is 300 g/mol. The Hall–Kier alpha value is -2.35. The van der Waals surface area contributed by atoms with Gasteiger partial charge in [-0.25, -0.2) is 14.0 Å². The minimum atomic E-state index is -1.46. The van der Waals surface area contributed by atoms with Crippen LogP contribution < -0.4 is 15.4 Å². The van der Waals surface area contributed by atoms with Crippen molar-refractivity contribution < 1.29 is 28.9 Å². The molecule has 0 saturated carbocycles. The number of benzene rings is 1. The third-order valence-corrected chi connectivity index (χ3v) is 2.52. The molecule has 0 fully saturated rings. The zero-order valence-electron chi connectivity index (χ0n) is 11.6. The van der Waals surface area contributed by atoms with Crippen molar-refractivity contribution in [2.45, 2.75) is 26.0 Å². The van der Waals surface area contributed by atoms with E-state index in [2.05, 4.69) is 10.6 Å². The molecule has 0 aliphatic heterocycles. The second-order valence-electron chi connectivity index (χ2n) is 4.23. The van der Waals surface area contributed by atoms with Gasteiger partial charge in [0.1, 0.15) is 0 Å². The van der Waals surface area contributed by atoms with Crippen molar-refractivity contribution in [3.8, 4) is 5.75 Å². The second-order valence-corrected chi connectivity index (χ2v) is 4.23. The van der Waals surface area contributed by atoms with Crippen molar-refractivity contribution in [2.75, 3.05) is 11.9 Å². The minimum absolute atomic E-state index is 0.0517. The summed E-state index contributed by atoms with van der Waals surface area (Å²) in [5.74, 6) is -1.98. The number of carbonyl (C=O) groups is 2. The molecule has 0 aromatic heterocycles. The Morgan fingerprint density at radius 3 is 2.57 bits per heavy atom. The number of hydrogen-bond donors (Lipinski definition) is 4. The lowest BCUT2D eigenvalue weighted by molar-refractivity contribution is -0.141. The third kappa shape index (κ3) is 4.92. The van der Waals surface area contributed by atoms with Gasteiger partial charge in [-0.05, 0) is 26.0 Å². The number of rotatable bonds is 6. The van der Waals surface area contributed by atoms with Gasteiger partial charge in [-0.15, -0.1) is 0 Å². The molecule has 21 heavy (non-hydrogen) atoms. The number of amides is 2. The van der Waals surface area contributed by atoms with E-state index in [-0.39, 0.29) is 11.4 Å². The number of ether oxygens (including phenoxy) is 1. The molecule has 2 amide bonds. The van der Waals surface area contributed by atoms with E-state index in [0.717, 1.165) is 6.07 Å². The lowest BCUT2D eigenvalue weighted by atomic mass is 10.2. The molecular weight excluding hydrogens is 283 g/mol. The first-order valence-corrected chi connectivity index (χ1v) is 6.26. The van der Waals surface area contributed by atoms with E-state index in [1.165, 1.54) is 19.1 Å².